The Morgan fingerprint density at radius 3 is 2.87 bits per heavy atom. The van der Waals surface area contributed by atoms with Crippen molar-refractivity contribution in [2.24, 2.45) is 11.7 Å². The molecule has 1 atom stereocenters. The number of hydrogen-bond donors (Lipinski definition) is 1. The molecule has 0 saturated carbocycles. The number of hydrogen-bond acceptors (Lipinski definition) is 7. The van der Waals surface area contributed by atoms with Gasteiger partial charge >= 0.3 is 5.97 Å². The average molecular weight is 431 g/mol. The standard InChI is InChI=1S/C20H23ClN6O3/c1-11(2)14(22)8-30-20(28)18-16-7-26-17(9-29-3)24-25-19(26)13-6-12(21)4-5-15(13)27(16)10-23-18/h4-6,10-11,14H,7-9,22H2,1-3H3/t14-/m1/s1. The normalized spacial score (nSPS) is 13.4. The minimum Gasteiger partial charge on any atom is -0.459 e. The van der Waals surface area contributed by atoms with Crippen LogP contribution in [0, 0.1) is 5.92 Å². The van der Waals surface area contributed by atoms with Crippen molar-refractivity contribution >= 4 is 17.6 Å². The second-order valence-corrected chi connectivity index (χ2v) is 7.97. The van der Waals surface area contributed by atoms with Crippen molar-refractivity contribution in [1.29, 1.82) is 0 Å². The van der Waals surface area contributed by atoms with Gasteiger partial charge in [-0.3, -0.25) is 4.57 Å². The Balaban J connectivity index is 1.79. The Morgan fingerprint density at radius 2 is 2.13 bits per heavy atom. The van der Waals surface area contributed by atoms with Crippen LogP contribution in [0.25, 0.3) is 17.1 Å². The van der Waals surface area contributed by atoms with E-state index < -0.39 is 5.97 Å². The zero-order valence-electron chi connectivity index (χ0n) is 17.0. The molecule has 0 amide bonds. The molecule has 0 bridgehead atoms. The van der Waals surface area contributed by atoms with E-state index in [9.17, 15) is 4.79 Å². The molecule has 0 unspecified atom stereocenters. The van der Waals surface area contributed by atoms with E-state index in [4.69, 9.17) is 26.8 Å². The van der Waals surface area contributed by atoms with Crippen LogP contribution in [0.2, 0.25) is 5.02 Å². The second kappa shape index (κ2) is 8.17. The zero-order valence-corrected chi connectivity index (χ0v) is 17.8. The van der Waals surface area contributed by atoms with Gasteiger partial charge < -0.3 is 19.8 Å². The SMILES string of the molecule is COCc1nnc2n1Cc1c(C(=O)OC[C@@H](N)C(C)C)ncn1-c1ccc(Cl)cc1-2. The number of imidazole rings is 1. The lowest BCUT2D eigenvalue weighted by molar-refractivity contribution is 0.0455. The first kappa shape index (κ1) is 20.5. The van der Waals surface area contributed by atoms with E-state index in [1.807, 2.05) is 35.1 Å². The Kier molecular flexibility index (Phi) is 5.59. The number of nitrogens with zero attached hydrogens (tertiary/aromatic N) is 5. The summed E-state index contributed by atoms with van der Waals surface area (Å²) in [5.74, 6) is 0.962. The van der Waals surface area contributed by atoms with Gasteiger partial charge in [-0.1, -0.05) is 25.4 Å². The highest BCUT2D eigenvalue weighted by atomic mass is 35.5. The summed E-state index contributed by atoms with van der Waals surface area (Å²) in [7, 11) is 1.59. The molecule has 158 valence electrons. The van der Waals surface area contributed by atoms with Crippen LogP contribution in [0.1, 0.15) is 35.9 Å². The van der Waals surface area contributed by atoms with E-state index in [2.05, 4.69) is 15.2 Å². The van der Waals surface area contributed by atoms with Crippen molar-refractivity contribution in [2.75, 3.05) is 13.7 Å². The number of carbonyl (C=O) groups is 1. The van der Waals surface area contributed by atoms with E-state index in [1.165, 1.54) is 0 Å². The van der Waals surface area contributed by atoms with Crippen LogP contribution < -0.4 is 5.73 Å². The van der Waals surface area contributed by atoms with Gasteiger partial charge in [0.05, 0.1) is 17.9 Å². The maximum absolute atomic E-state index is 12.8. The minimum absolute atomic E-state index is 0.127. The lowest BCUT2D eigenvalue weighted by atomic mass is 10.1. The summed E-state index contributed by atoms with van der Waals surface area (Å²) < 4.78 is 14.5. The number of fused-ring (bicyclic) bond motifs is 5. The molecular weight excluding hydrogens is 408 g/mol. The minimum atomic E-state index is -0.514. The molecule has 0 saturated heterocycles. The van der Waals surface area contributed by atoms with E-state index in [1.54, 1.807) is 19.5 Å². The van der Waals surface area contributed by atoms with Gasteiger partial charge in [0.2, 0.25) is 0 Å². The summed E-state index contributed by atoms with van der Waals surface area (Å²) in [6, 6.07) is 5.23. The summed E-state index contributed by atoms with van der Waals surface area (Å²) in [4.78, 5) is 17.1. The molecule has 2 N–H and O–H groups in total. The van der Waals surface area contributed by atoms with Crippen molar-refractivity contribution in [1.82, 2.24) is 24.3 Å². The summed E-state index contributed by atoms with van der Waals surface area (Å²) in [6.07, 6.45) is 1.61. The van der Waals surface area contributed by atoms with E-state index >= 15 is 0 Å². The predicted molar refractivity (Wildman–Crippen MR) is 111 cm³/mol. The molecule has 1 aliphatic rings. The first-order valence-electron chi connectivity index (χ1n) is 9.61. The van der Waals surface area contributed by atoms with Gasteiger partial charge in [-0.25, -0.2) is 9.78 Å². The highest BCUT2D eigenvalue weighted by Gasteiger charge is 2.29. The summed E-state index contributed by atoms with van der Waals surface area (Å²) in [5.41, 5.74) is 8.50. The molecule has 0 radical (unpaired) electrons. The Hall–Kier alpha value is -2.75. The third-order valence-electron chi connectivity index (χ3n) is 5.19. The quantitative estimate of drug-likeness (QED) is 0.467. The van der Waals surface area contributed by atoms with Crippen LogP contribution in [0.3, 0.4) is 0 Å². The third kappa shape index (κ3) is 3.60. The molecule has 0 spiro atoms. The molecule has 4 rings (SSSR count). The van der Waals surface area contributed by atoms with Crippen molar-refractivity contribution in [3.8, 4) is 17.1 Å². The van der Waals surface area contributed by atoms with Gasteiger partial charge in [0.25, 0.3) is 0 Å². The molecule has 0 aliphatic carbocycles. The van der Waals surface area contributed by atoms with Crippen molar-refractivity contribution < 1.29 is 14.3 Å². The molecule has 1 aromatic carbocycles. The molecule has 2 aromatic heterocycles. The van der Waals surface area contributed by atoms with Gasteiger partial charge in [-0.2, -0.15) is 0 Å². The lowest BCUT2D eigenvalue weighted by Crippen LogP contribution is -2.33. The van der Waals surface area contributed by atoms with Crippen molar-refractivity contribution in [3.63, 3.8) is 0 Å². The van der Waals surface area contributed by atoms with Gasteiger partial charge in [-0.05, 0) is 24.1 Å². The number of esters is 1. The van der Waals surface area contributed by atoms with E-state index in [0.717, 1.165) is 11.3 Å². The third-order valence-corrected chi connectivity index (χ3v) is 5.43. The maximum atomic E-state index is 12.8. The van der Waals surface area contributed by atoms with Crippen LogP contribution in [-0.2, 0) is 22.6 Å². The van der Waals surface area contributed by atoms with Gasteiger partial charge in [0.1, 0.15) is 19.5 Å². The summed E-state index contributed by atoms with van der Waals surface area (Å²) in [5, 5.41) is 9.16. The largest absolute Gasteiger partial charge is 0.459 e. The van der Waals surface area contributed by atoms with Crippen LogP contribution in [0.5, 0.6) is 0 Å². The van der Waals surface area contributed by atoms with Crippen molar-refractivity contribution in [2.45, 2.75) is 33.0 Å². The first-order chi connectivity index (χ1) is 14.4. The summed E-state index contributed by atoms with van der Waals surface area (Å²) >= 11 is 6.25. The molecule has 10 heteroatoms. The highest BCUT2D eigenvalue weighted by Crippen LogP contribution is 2.34. The number of benzene rings is 1. The number of carbonyl (C=O) groups excluding carboxylic acids is 1. The predicted octanol–water partition coefficient (Wildman–Crippen LogP) is 2.43. The van der Waals surface area contributed by atoms with Crippen molar-refractivity contribution in [3.05, 3.63) is 46.8 Å². The fraction of sp³-hybridized carbons (Fsp3) is 0.400. The molecule has 1 aliphatic heterocycles. The topological polar surface area (TPSA) is 110 Å². The first-order valence-corrected chi connectivity index (χ1v) is 9.98. The monoisotopic (exact) mass is 430 g/mol. The maximum Gasteiger partial charge on any atom is 0.358 e. The Morgan fingerprint density at radius 1 is 1.33 bits per heavy atom. The number of aromatic nitrogens is 5. The van der Waals surface area contributed by atoms with E-state index in [0.29, 0.717) is 28.9 Å². The number of nitrogens with two attached hydrogens (primary N) is 1. The average Bonchev–Trinajstić information content (AvgIpc) is 3.28. The Bertz CT molecular complexity index is 1090. The zero-order chi connectivity index (χ0) is 21.4. The summed E-state index contributed by atoms with van der Waals surface area (Å²) in [6.45, 7) is 4.69. The molecule has 3 heterocycles. The molecule has 3 aromatic rings. The molecular formula is C20H23ClN6O3. The van der Waals surface area contributed by atoms with Crippen LogP contribution in [0.15, 0.2) is 24.5 Å². The molecule has 30 heavy (non-hydrogen) atoms. The number of halogens is 1. The fourth-order valence-electron chi connectivity index (χ4n) is 3.32. The number of methoxy groups -OCH3 is 1. The smallest absolute Gasteiger partial charge is 0.358 e. The lowest BCUT2D eigenvalue weighted by Gasteiger charge is -2.15. The van der Waals surface area contributed by atoms with Crippen LogP contribution in [0.4, 0.5) is 0 Å². The Labute approximate surface area is 178 Å². The highest BCUT2D eigenvalue weighted by molar-refractivity contribution is 6.31. The number of rotatable bonds is 6. The van der Waals surface area contributed by atoms with Gasteiger partial charge in [0.15, 0.2) is 17.3 Å². The van der Waals surface area contributed by atoms with Crippen LogP contribution in [-0.4, -0.2) is 50.0 Å². The molecule has 9 nitrogen and oxygen atoms in total. The molecule has 0 fully saturated rings. The fourth-order valence-corrected chi connectivity index (χ4v) is 3.49. The van der Waals surface area contributed by atoms with Crippen LogP contribution >= 0.6 is 11.6 Å². The second-order valence-electron chi connectivity index (χ2n) is 7.54. The van der Waals surface area contributed by atoms with Gasteiger partial charge in [-0.15, -0.1) is 10.2 Å². The van der Waals surface area contributed by atoms with Gasteiger partial charge in [0, 0.05) is 23.7 Å². The van der Waals surface area contributed by atoms with E-state index in [-0.39, 0.29) is 30.9 Å². The number of ether oxygens (including phenoxy) is 2.